The molecule has 0 radical (unpaired) electrons. The molecule has 1 amide bonds. The molecule has 2 fully saturated rings. The van der Waals surface area contributed by atoms with E-state index in [2.05, 4.69) is 32.4 Å². The Labute approximate surface area is 154 Å². The molecule has 0 atom stereocenters. The summed E-state index contributed by atoms with van der Waals surface area (Å²) in [6, 6.07) is 6.56. The van der Waals surface area contributed by atoms with Gasteiger partial charge in [-0.3, -0.25) is 4.90 Å². The summed E-state index contributed by atoms with van der Waals surface area (Å²) in [7, 11) is 1.58. The van der Waals surface area contributed by atoms with E-state index in [4.69, 9.17) is 4.74 Å². The number of hydrogen-bond acceptors (Lipinski definition) is 4. The second-order valence-electron chi connectivity index (χ2n) is 7.34. The molecule has 0 saturated carbocycles. The van der Waals surface area contributed by atoms with Gasteiger partial charge in [-0.25, -0.2) is 4.79 Å². The van der Waals surface area contributed by atoms with Crippen LogP contribution >= 0.6 is 0 Å². The number of nitrogens with one attached hydrogen (secondary N) is 2. The molecule has 26 heavy (non-hydrogen) atoms. The molecule has 2 saturated heterocycles. The van der Waals surface area contributed by atoms with Crippen molar-refractivity contribution < 1.29 is 9.53 Å². The number of hydrogen-bond donors (Lipinski definition) is 2. The highest BCUT2D eigenvalue weighted by atomic mass is 16.5. The van der Waals surface area contributed by atoms with Gasteiger partial charge >= 0.3 is 6.09 Å². The average Bonchev–Trinajstić information content (AvgIpc) is 3.31. The Morgan fingerprint density at radius 3 is 2.77 bits per heavy atom. The third kappa shape index (κ3) is 3.57. The number of carbonyl (C=O) groups excluding carboxylic acids is 1. The standard InChI is InChI=1S/C20H28N4O2/c1-21-20(25)26-17-4-5-19-18(12-17)15(13-23-10-2-3-11-23)14-24(19)16-6-8-22-9-7-16/h4-5,12,14,16,22H,2-3,6-11,13H2,1H3,(H,21,25). The first-order valence-corrected chi connectivity index (χ1v) is 9.70. The number of rotatable bonds is 4. The first kappa shape index (κ1) is 17.4. The minimum absolute atomic E-state index is 0.428. The van der Waals surface area contributed by atoms with Crippen LogP contribution in [0.25, 0.3) is 10.9 Å². The normalized spacial score (nSPS) is 19.1. The fourth-order valence-electron chi connectivity index (χ4n) is 4.22. The Bertz CT molecular complexity index is 773. The number of benzene rings is 1. The number of ether oxygens (including phenoxy) is 1. The lowest BCUT2D eigenvalue weighted by molar-refractivity contribution is 0.203. The lowest BCUT2D eigenvalue weighted by Crippen LogP contribution is -2.29. The first-order valence-electron chi connectivity index (χ1n) is 9.70. The number of likely N-dealkylation sites (tertiary alicyclic amines) is 1. The van der Waals surface area contributed by atoms with Crippen molar-refractivity contribution >= 4 is 17.0 Å². The number of amides is 1. The number of aromatic nitrogens is 1. The maximum absolute atomic E-state index is 11.6. The fraction of sp³-hybridized carbons (Fsp3) is 0.550. The Morgan fingerprint density at radius 2 is 2.04 bits per heavy atom. The lowest BCUT2D eigenvalue weighted by atomic mass is 10.1. The van der Waals surface area contributed by atoms with Crippen molar-refractivity contribution in [3.63, 3.8) is 0 Å². The van der Waals surface area contributed by atoms with E-state index < -0.39 is 6.09 Å². The van der Waals surface area contributed by atoms with Gasteiger partial charge in [-0.1, -0.05) is 0 Å². The van der Waals surface area contributed by atoms with Crippen LogP contribution in [0.4, 0.5) is 4.79 Å². The van der Waals surface area contributed by atoms with Crippen LogP contribution in [0.15, 0.2) is 24.4 Å². The van der Waals surface area contributed by atoms with Crippen molar-refractivity contribution in [3.8, 4) is 5.75 Å². The average molecular weight is 356 g/mol. The van der Waals surface area contributed by atoms with Crippen LogP contribution < -0.4 is 15.4 Å². The van der Waals surface area contributed by atoms with Crippen LogP contribution in [0.5, 0.6) is 5.75 Å². The molecule has 4 rings (SSSR count). The topological polar surface area (TPSA) is 58.5 Å². The van der Waals surface area contributed by atoms with Crippen molar-refractivity contribution in [2.24, 2.45) is 0 Å². The van der Waals surface area contributed by atoms with Gasteiger partial charge in [0.25, 0.3) is 0 Å². The van der Waals surface area contributed by atoms with Gasteiger partial charge < -0.3 is 19.9 Å². The lowest BCUT2D eigenvalue weighted by Gasteiger charge is -2.25. The molecule has 0 aliphatic carbocycles. The van der Waals surface area contributed by atoms with Gasteiger partial charge in [-0.2, -0.15) is 0 Å². The van der Waals surface area contributed by atoms with Crippen molar-refractivity contribution in [2.75, 3.05) is 33.2 Å². The maximum atomic E-state index is 11.6. The van der Waals surface area contributed by atoms with Gasteiger partial charge in [0, 0.05) is 36.7 Å². The van der Waals surface area contributed by atoms with E-state index in [9.17, 15) is 4.79 Å². The summed E-state index contributed by atoms with van der Waals surface area (Å²) in [5.74, 6) is 0.600. The smallest absolute Gasteiger partial charge is 0.410 e. The molecular weight excluding hydrogens is 328 g/mol. The van der Waals surface area contributed by atoms with E-state index >= 15 is 0 Å². The van der Waals surface area contributed by atoms with Gasteiger partial charge in [-0.15, -0.1) is 0 Å². The van der Waals surface area contributed by atoms with Crippen LogP contribution in [0.3, 0.4) is 0 Å². The molecule has 140 valence electrons. The molecule has 3 heterocycles. The number of carbonyl (C=O) groups is 1. The summed E-state index contributed by atoms with van der Waals surface area (Å²) in [5.41, 5.74) is 2.58. The molecular formula is C20H28N4O2. The van der Waals surface area contributed by atoms with Crippen molar-refractivity contribution in [1.29, 1.82) is 0 Å². The summed E-state index contributed by atoms with van der Waals surface area (Å²) in [6.07, 6.45) is 6.80. The SMILES string of the molecule is CNC(=O)Oc1ccc2c(c1)c(CN1CCCC1)cn2C1CCNCC1. The van der Waals surface area contributed by atoms with Crippen molar-refractivity contribution in [1.82, 2.24) is 20.1 Å². The summed E-state index contributed by atoms with van der Waals surface area (Å²) >= 11 is 0. The third-order valence-corrected chi connectivity index (χ3v) is 5.60. The van der Waals surface area contributed by atoms with Crippen LogP contribution in [0.2, 0.25) is 0 Å². The van der Waals surface area contributed by atoms with E-state index in [-0.39, 0.29) is 0 Å². The molecule has 1 aromatic carbocycles. The Morgan fingerprint density at radius 1 is 1.27 bits per heavy atom. The largest absolute Gasteiger partial charge is 0.412 e. The zero-order chi connectivity index (χ0) is 17.9. The number of fused-ring (bicyclic) bond motifs is 1. The predicted octanol–water partition coefficient (Wildman–Crippen LogP) is 2.88. The Kier molecular flexibility index (Phi) is 5.13. The van der Waals surface area contributed by atoms with E-state index in [1.807, 2.05) is 12.1 Å². The highest BCUT2D eigenvalue weighted by Gasteiger charge is 2.21. The first-order chi connectivity index (χ1) is 12.7. The monoisotopic (exact) mass is 356 g/mol. The third-order valence-electron chi connectivity index (χ3n) is 5.60. The number of piperidine rings is 1. The van der Waals surface area contributed by atoms with Gasteiger partial charge in [0.1, 0.15) is 5.75 Å². The van der Waals surface area contributed by atoms with E-state index in [1.165, 1.54) is 42.4 Å². The van der Waals surface area contributed by atoms with E-state index in [0.717, 1.165) is 32.5 Å². The maximum Gasteiger partial charge on any atom is 0.412 e. The molecule has 0 spiro atoms. The molecule has 1 aromatic heterocycles. The zero-order valence-electron chi connectivity index (χ0n) is 15.5. The van der Waals surface area contributed by atoms with Crippen LogP contribution in [0.1, 0.15) is 37.3 Å². The summed E-state index contributed by atoms with van der Waals surface area (Å²) in [5, 5.41) is 7.16. The Balaban J connectivity index is 1.70. The molecule has 2 aliphatic heterocycles. The van der Waals surface area contributed by atoms with Gasteiger partial charge in [0.2, 0.25) is 0 Å². The minimum atomic E-state index is -0.428. The van der Waals surface area contributed by atoms with E-state index in [0.29, 0.717) is 11.8 Å². The van der Waals surface area contributed by atoms with Crippen LogP contribution in [-0.4, -0.2) is 48.8 Å². The molecule has 0 bridgehead atoms. The van der Waals surface area contributed by atoms with Crippen LogP contribution in [0, 0.1) is 0 Å². The van der Waals surface area contributed by atoms with Crippen molar-refractivity contribution in [3.05, 3.63) is 30.0 Å². The van der Waals surface area contributed by atoms with Gasteiger partial charge in [0.15, 0.2) is 0 Å². The highest BCUT2D eigenvalue weighted by molar-refractivity contribution is 5.86. The predicted molar refractivity (Wildman–Crippen MR) is 103 cm³/mol. The summed E-state index contributed by atoms with van der Waals surface area (Å²) in [4.78, 5) is 14.1. The van der Waals surface area contributed by atoms with Crippen LogP contribution in [-0.2, 0) is 6.54 Å². The second kappa shape index (κ2) is 7.68. The van der Waals surface area contributed by atoms with Crippen molar-refractivity contribution in [2.45, 2.75) is 38.3 Å². The highest BCUT2D eigenvalue weighted by Crippen LogP contribution is 2.32. The Hall–Kier alpha value is -2.05. The quantitative estimate of drug-likeness (QED) is 0.884. The minimum Gasteiger partial charge on any atom is -0.410 e. The molecule has 2 N–H and O–H groups in total. The van der Waals surface area contributed by atoms with Gasteiger partial charge in [0.05, 0.1) is 0 Å². The fourth-order valence-corrected chi connectivity index (χ4v) is 4.22. The molecule has 6 nitrogen and oxygen atoms in total. The van der Waals surface area contributed by atoms with E-state index in [1.54, 1.807) is 7.05 Å². The second-order valence-corrected chi connectivity index (χ2v) is 7.34. The zero-order valence-corrected chi connectivity index (χ0v) is 15.5. The van der Waals surface area contributed by atoms with Gasteiger partial charge in [-0.05, 0) is 75.6 Å². The molecule has 0 unspecified atom stereocenters. The molecule has 2 aliphatic rings. The summed E-state index contributed by atoms with van der Waals surface area (Å²) in [6.45, 7) is 5.47. The summed E-state index contributed by atoms with van der Waals surface area (Å²) < 4.78 is 7.82. The molecule has 2 aromatic rings. The molecule has 6 heteroatoms. The number of nitrogens with zero attached hydrogens (tertiary/aromatic N) is 2.